The number of halogens is 2. The van der Waals surface area contributed by atoms with Crippen LogP contribution in [0.2, 0.25) is 5.02 Å². The van der Waals surface area contributed by atoms with Gasteiger partial charge in [0.05, 0.1) is 15.4 Å². The van der Waals surface area contributed by atoms with E-state index in [9.17, 15) is 9.18 Å². The second kappa shape index (κ2) is 10.6. The summed E-state index contributed by atoms with van der Waals surface area (Å²) in [6.45, 7) is 3.40. The highest BCUT2D eigenvalue weighted by molar-refractivity contribution is 8.00. The Labute approximate surface area is 213 Å². The molecule has 1 fully saturated rings. The van der Waals surface area contributed by atoms with E-state index >= 15 is 0 Å². The van der Waals surface area contributed by atoms with Crippen LogP contribution in [0.5, 0.6) is 0 Å². The number of piperazine rings is 1. The number of fused-ring (bicyclic) bond motifs is 1. The number of nitrogens with zero attached hydrogens (tertiary/aromatic N) is 3. The zero-order valence-electron chi connectivity index (χ0n) is 19.0. The average Bonchev–Trinajstić information content (AvgIpc) is 2.90. The van der Waals surface area contributed by atoms with Crippen LogP contribution in [-0.2, 0) is 6.54 Å². The predicted molar refractivity (Wildman–Crippen MR) is 140 cm³/mol. The van der Waals surface area contributed by atoms with Crippen LogP contribution in [0.15, 0.2) is 83.9 Å². The number of nitrogens with one attached hydrogen (secondary N) is 1. The van der Waals surface area contributed by atoms with E-state index in [1.165, 1.54) is 18.0 Å². The van der Waals surface area contributed by atoms with E-state index in [4.69, 9.17) is 11.6 Å². The van der Waals surface area contributed by atoms with Crippen molar-refractivity contribution in [2.24, 2.45) is 0 Å². The molecule has 0 saturated carbocycles. The van der Waals surface area contributed by atoms with Crippen LogP contribution in [0, 0.1) is 5.82 Å². The van der Waals surface area contributed by atoms with Gasteiger partial charge in [0.1, 0.15) is 5.82 Å². The third-order valence-corrected chi connectivity index (χ3v) is 7.25. The summed E-state index contributed by atoms with van der Waals surface area (Å²) in [7, 11) is 0. The normalized spacial score (nSPS) is 14.3. The molecule has 0 atom stereocenters. The van der Waals surface area contributed by atoms with Crippen LogP contribution >= 0.6 is 23.5 Å². The van der Waals surface area contributed by atoms with Crippen LogP contribution in [0.4, 0.5) is 10.1 Å². The molecule has 35 heavy (non-hydrogen) atoms. The van der Waals surface area contributed by atoms with Crippen molar-refractivity contribution in [3.8, 4) is 0 Å². The van der Waals surface area contributed by atoms with Crippen LogP contribution in [0.1, 0.15) is 15.9 Å². The van der Waals surface area contributed by atoms with Gasteiger partial charge in [-0.1, -0.05) is 35.9 Å². The third-order valence-electron chi connectivity index (χ3n) is 6.06. The highest BCUT2D eigenvalue weighted by Crippen LogP contribution is 2.27. The van der Waals surface area contributed by atoms with Crippen LogP contribution < -0.4 is 4.72 Å². The van der Waals surface area contributed by atoms with E-state index in [2.05, 4.69) is 14.6 Å². The lowest BCUT2D eigenvalue weighted by molar-refractivity contribution is 0.0628. The smallest absolute Gasteiger partial charge is 0.253 e. The molecule has 0 unspecified atom stereocenters. The molecule has 1 aliphatic heterocycles. The minimum Gasteiger partial charge on any atom is -0.336 e. The van der Waals surface area contributed by atoms with Crippen molar-refractivity contribution in [3.63, 3.8) is 0 Å². The number of para-hydroxylation sites is 1. The van der Waals surface area contributed by atoms with Gasteiger partial charge in [0.25, 0.3) is 5.91 Å². The Morgan fingerprint density at radius 1 is 1.00 bits per heavy atom. The summed E-state index contributed by atoms with van der Waals surface area (Å²) in [4.78, 5) is 22.6. The van der Waals surface area contributed by atoms with Crippen molar-refractivity contribution in [2.45, 2.75) is 11.4 Å². The number of anilines is 1. The van der Waals surface area contributed by atoms with Crippen LogP contribution in [-0.4, -0.2) is 46.9 Å². The molecule has 3 aromatic carbocycles. The van der Waals surface area contributed by atoms with E-state index in [0.29, 0.717) is 25.2 Å². The molecule has 4 aromatic rings. The number of carbonyl (C=O) groups is 1. The van der Waals surface area contributed by atoms with Crippen molar-refractivity contribution < 1.29 is 9.18 Å². The van der Waals surface area contributed by atoms with Gasteiger partial charge in [0.2, 0.25) is 0 Å². The third kappa shape index (κ3) is 5.59. The zero-order valence-corrected chi connectivity index (χ0v) is 20.5. The Morgan fingerprint density at radius 2 is 1.77 bits per heavy atom. The number of amides is 1. The fourth-order valence-electron chi connectivity index (χ4n) is 4.14. The second-order valence-corrected chi connectivity index (χ2v) is 9.68. The molecule has 0 aliphatic carbocycles. The lowest BCUT2D eigenvalue weighted by atomic mass is 10.1. The van der Waals surface area contributed by atoms with Crippen molar-refractivity contribution in [2.75, 3.05) is 30.9 Å². The molecule has 2 heterocycles. The minimum atomic E-state index is -0.400. The number of hydrogen-bond donors (Lipinski definition) is 1. The van der Waals surface area contributed by atoms with E-state index in [-0.39, 0.29) is 10.9 Å². The molecule has 0 spiro atoms. The van der Waals surface area contributed by atoms with E-state index < -0.39 is 5.82 Å². The Hall–Kier alpha value is -3.13. The lowest BCUT2D eigenvalue weighted by Crippen LogP contribution is -2.48. The molecule has 5 rings (SSSR count). The van der Waals surface area contributed by atoms with Gasteiger partial charge in [0, 0.05) is 55.6 Å². The van der Waals surface area contributed by atoms with Crippen molar-refractivity contribution in [3.05, 3.63) is 101 Å². The Morgan fingerprint density at radius 3 is 2.54 bits per heavy atom. The van der Waals surface area contributed by atoms with Gasteiger partial charge in [-0.2, -0.15) is 0 Å². The van der Waals surface area contributed by atoms with Gasteiger partial charge >= 0.3 is 0 Å². The molecule has 0 bridgehead atoms. The molecule has 1 amide bonds. The molecular formula is C27H24ClFN4OS. The van der Waals surface area contributed by atoms with E-state index in [1.807, 2.05) is 65.6 Å². The van der Waals surface area contributed by atoms with Gasteiger partial charge in [-0.05, 0) is 66.0 Å². The second-order valence-electron chi connectivity index (χ2n) is 8.43. The topological polar surface area (TPSA) is 48.5 Å². The summed E-state index contributed by atoms with van der Waals surface area (Å²) in [6.07, 6.45) is 1.80. The first-order valence-corrected chi connectivity index (χ1v) is 12.6. The summed E-state index contributed by atoms with van der Waals surface area (Å²) in [5.41, 5.74) is 3.42. The monoisotopic (exact) mass is 506 g/mol. The first-order chi connectivity index (χ1) is 17.1. The van der Waals surface area contributed by atoms with E-state index in [1.54, 1.807) is 12.3 Å². The molecular weight excluding hydrogens is 483 g/mol. The first-order valence-electron chi connectivity index (χ1n) is 11.4. The predicted octanol–water partition coefficient (Wildman–Crippen LogP) is 6.10. The molecule has 1 saturated heterocycles. The molecule has 0 radical (unpaired) electrons. The molecule has 5 nitrogen and oxygen atoms in total. The summed E-state index contributed by atoms with van der Waals surface area (Å²) < 4.78 is 17.0. The van der Waals surface area contributed by atoms with Crippen molar-refractivity contribution in [1.82, 2.24) is 14.8 Å². The highest BCUT2D eigenvalue weighted by Gasteiger charge is 2.22. The largest absolute Gasteiger partial charge is 0.336 e. The number of aromatic nitrogens is 1. The summed E-state index contributed by atoms with van der Waals surface area (Å²) in [6, 6.07) is 22.5. The maximum atomic E-state index is 13.7. The molecule has 178 valence electrons. The average molecular weight is 507 g/mol. The van der Waals surface area contributed by atoms with Crippen LogP contribution in [0.25, 0.3) is 10.9 Å². The van der Waals surface area contributed by atoms with Crippen LogP contribution in [0.3, 0.4) is 0 Å². The highest BCUT2D eigenvalue weighted by atomic mass is 35.5. The summed E-state index contributed by atoms with van der Waals surface area (Å²) in [5, 5.41) is 1.23. The maximum Gasteiger partial charge on any atom is 0.253 e. The molecule has 1 N–H and O–H groups in total. The lowest BCUT2D eigenvalue weighted by Gasteiger charge is -2.34. The SMILES string of the molecule is O=C(c1ccc(NSc2cccc3cccnc23)cc1)N1CCN(Cc2ccc(Cl)c(F)c2)CC1. The molecule has 1 aliphatic rings. The minimum absolute atomic E-state index is 0.0274. The number of rotatable bonds is 6. The fourth-order valence-corrected chi connectivity index (χ4v) is 5.04. The number of benzene rings is 3. The van der Waals surface area contributed by atoms with Crippen molar-refractivity contribution in [1.29, 1.82) is 0 Å². The van der Waals surface area contributed by atoms with Crippen molar-refractivity contribution >= 4 is 46.0 Å². The number of carbonyl (C=O) groups excluding carboxylic acids is 1. The molecule has 8 heteroatoms. The van der Waals surface area contributed by atoms with Gasteiger partial charge in [0.15, 0.2) is 0 Å². The Balaban J connectivity index is 1.14. The zero-order chi connectivity index (χ0) is 24.2. The Bertz CT molecular complexity index is 1340. The standard InChI is InChI=1S/C27H24ClFN4OS/c28-23-11-6-19(17-24(23)29)18-32-13-15-33(16-14-32)27(34)21-7-9-22(10-8-21)31-35-25-5-1-3-20-4-2-12-30-26(20)25/h1-12,17,31H,13-16,18H2. The van der Waals surface area contributed by atoms with Gasteiger partial charge in [-0.25, -0.2) is 4.39 Å². The Kier molecular flexibility index (Phi) is 7.18. The van der Waals surface area contributed by atoms with Gasteiger partial charge in [-0.3, -0.25) is 14.7 Å². The van der Waals surface area contributed by atoms with E-state index in [0.717, 1.165) is 40.1 Å². The number of pyridine rings is 1. The first kappa shape index (κ1) is 23.6. The summed E-state index contributed by atoms with van der Waals surface area (Å²) >= 11 is 7.28. The van der Waals surface area contributed by atoms with Gasteiger partial charge < -0.3 is 9.62 Å². The maximum absolute atomic E-state index is 13.7. The number of hydrogen-bond acceptors (Lipinski definition) is 5. The van der Waals surface area contributed by atoms with Gasteiger partial charge in [-0.15, -0.1) is 0 Å². The quantitative estimate of drug-likeness (QED) is 0.320. The summed E-state index contributed by atoms with van der Waals surface area (Å²) in [5.74, 6) is -0.372. The molecule has 1 aromatic heterocycles. The fraction of sp³-hybridized carbons (Fsp3) is 0.185.